The maximum Gasteiger partial charge on any atom is 0.294 e. The lowest BCUT2D eigenvalue weighted by Gasteiger charge is -2.07. The first-order valence-corrected chi connectivity index (χ1v) is 5.56. The summed E-state index contributed by atoms with van der Waals surface area (Å²) in [5.41, 5.74) is 0. The highest BCUT2D eigenvalue weighted by molar-refractivity contribution is 5.75. The lowest BCUT2D eigenvalue weighted by atomic mass is 10.2. The first-order chi connectivity index (χ1) is 7.52. The van der Waals surface area contributed by atoms with Gasteiger partial charge in [-0.1, -0.05) is 20.3 Å². The van der Waals surface area contributed by atoms with Gasteiger partial charge in [-0.15, -0.1) is 10.1 Å². The number of hydrogen-bond acceptors (Lipinski definition) is 4. The van der Waals surface area contributed by atoms with Crippen molar-refractivity contribution in [1.29, 1.82) is 0 Å². The Bertz CT molecular complexity index is 219. The minimum absolute atomic E-state index is 0.0453. The minimum Gasteiger partial charge on any atom is -0.356 e. The molecule has 0 rings (SSSR count). The number of hydrogen-bond donors (Lipinski definition) is 1. The quantitative estimate of drug-likeness (QED) is 0.371. The first-order valence-electron chi connectivity index (χ1n) is 5.56. The van der Waals surface area contributed by atoms with E-state index in [0.717, 1.165) is 12.8 Å². The normalized spacial score (nSPS) is 10.2. The van der Waals surface area contributed by atoms with Gasteiger partial charge >= 0.3 is 0 Å². The number of nitrogens with zero attached hydrogens (tertiary/aromatic N) is 1. The minimum atomic E-state index is -0.796. The summed E-state index contributed by atoms with van der Waals surface area (Å²) in [7, 11) is 0. The molecule has 1 amide bonds. The third kappa shape index (κ3) is 10.7. The van der Waals surface area contributed by atoms with Crippen molar-refractivity contribution >= 4 is 5.91 Å². The molecule has 0 saturated carbocycles. The molecule has 16 heavy (non-hydrogen) atoms. The molecule has 0 aliphatic heterocycles. The van der Waals surface area contributed by atoms with E-state index in [1.54, 1.807) is 0 Å². The van der Waals surface area contributed by atoms with Crippen LogP contribution in [0, 0.1) is 16.0 Å². The van der Waals surface area contributed by atoms with Gasteiger partial charge in [-0.3, -0.25) is 4.79 Å². The van der Waals surface area contributed by atoms with Crippen LogP contribution in [0.4, 0.5) is 0 Å². The number of rotatable bonds is 9. The van der Waals surface area contributed by atoms with Gasteiger partial charge < -0.3 is 10.2 Å². The molecule has 0 spiro atoms. The Morgan fingerprint density at radius 2 is 2.06 bits per heavy atom. The molecular formula is C10H20N2O4. The van der Waals surface area contributed by atoms with Crippen LogP contribution < -0.4 is 5.32 Å². The highest BCUT2D eigenvalue weighted by Gasteiger charge is 2.02. The second-order valence-electron chi connectivity index (χ2n) is 4.07. The molecule has 0 aromatic rings. The third-order valence-electron chi connectivity index (χ3n) is 1.95. The molecule has 0 aliphatic carbocycles. The van der Waals surface area contributed by atoms with Crippen molar-refractivity contribution in [3.05, 3.63) is 10.1 Å². The molecular weight excluding hydrogens is 212 g/mol. The molecule has 0 aliphatic rings. The Kier molecular flexibility index (Phi) is 8.19. The van der Waals surface area contributed by atoms with Crippen LogP contribution in [0.1, 0.15) is 39.5 Å². The lowest BCUT2D eigenvalue weighted by molar-refractivity contribution is -0.757. The number of carbonyl (C=O) groups excluding carboxylic acids is 1. The average Bonchev–Trinajstić information content (AvgIpc) is 2.19. The number of nitrogens with one attached hydrogen (secondary N) is 1. The summed E-state index contributed by atoms with van der Waals surface area (Å²) in [5, 5.41) is 11.8. The summed E-state index contributed by atoms with van der Waals surface area (Å²) >= 11 is 0. The molecule has 0 atom stereocenters. The van der Waals surface area contributed by atoms with E-state index in [2.05, 4.69) is 10.2 Å². The molecule has 0 unspecified atom stereocenters. The number of carbonyl (C=O) groups is 1. The Hall–Kier alpha value is -1.33. The van der Waals surface area contributed by atoms with Crippen molar-refractivity contribution in [2.24, 2.45) is 5.92 Å². The number of amides is 1. The second-order valence-corrected chi connectivity index (χ2v) is 4.07. The van der Waals surface area contributed by atoms with E-state index >= 15 is 0 Å². The van der Waals surface area contributed by atoms with Gasteiger partial charge in [-0.25, -0.2) is 0 Å². The monoisotopic (exact) mass is 232 g/mol. The van der Waals surface area contributed by atoms with Crippen LogP contribution in [0.3, 0.4) is 0 Å². The van der Waals surface area contributed by atoms with Gasteiger partial charge in [0.1, 0.15) is 0 Å². The zero-order chi connectivity index (χ0) is 12.4. The zero-order valence-corrected chi connectivity index (χ0v) is 9.90. The molecule has 0 saturated heterocycles. The van der Waals surface area contributed by atoms with Crippen LogP contribution in [0.2, 0.25) is 0 Å². The molecule has 94 valence electrons. The molecule has 0 heterocycles. The lowest BCUT2D eigenvalue weighted by Crippen LogP contribution is -2.26. The van der Waals surface area contributed by atoms with Crippen molar-refractivity contribution in [2.75, 3.05) is 13.2 Å². The fourth-order valence-corrected chi connectivity index (χ4v) is 1.11. The smallest absolute Gasteiger partial charge is 0.294 e. The van der Waals surface area contributed by atoms with Crippen molar-refractivity contribution < 1.29 is 14.7 Å². The van der Waals surface area contributed by atoms with E-state index in [1.165, 1.54) is 0 Å². The molecule has 1 N–H and O–H groups in total. The third-order valence-corrected chi connectivity index (χ3v) is 1.95. The predicted octanol–water partition coefficient (Wildman–Crippen LogP) is 1.53. The van der Waals surface area contributed by atoms with E-state index in [-0.39, 0.29) is 12.5 Å². The van der Waals surface area contributed by atoms with Crippen LogP contribution in [-0.4, -0.2) is 24.1 Å². The van der Waals surface area contributed by atoms with E-state index in [0.29, 0.717) is 25.3 Å². The van der Waals surface area contributed by atoms with Crippen LogP contribution >= 0.6 is 0 Å². The highest BCUT2D eigenvalue weighted by Crippen LogP contribution is 2.00. The van der Waals surface area contributed by atoms with E-state index in [9.17, 15) is 14.9 Å². The summed E-state index contributed by atoms with van der Waals surface area (Å²) in [6.45, 7) is 4.88. The largest absolute Gasteiger partial charge is 0.356 e. The predicted molar refractivity (Wildman–Crippen MR) is 59.3 cm³/mol. The average molecular weight is 232 g/mol. The second kappa shape index (κ2) is 8.94. The van der Waals surface area contributed by atoms with Gasteiger partial charge in [-0.05, 0) is 18.8 Å². The molecule has 0 fully saturated rings. The molecule has 0 radical (unpaired) electrons. The summed E-state index contributed by atoms with van der Waals surface area (Å²) in [6.07, 6.45) is 2.59. The highest BCUT2D eigenvalue weighted by atomic mass is 16.9. The Balaban J connectivity index is 3.24. The fourth-order valence-electron chi connectivity index (χ4n) is 1.11. The van der Waals surface area contributed by atoms with E-state index in [1.807, 2.05) is 13.8 Å². The maximum atomic E-state index is 11.2. The van der Waals surface area contributed by atoms with Gasteiger partial charge in [0.2, 0.25) is 5.91 Å². The Morgan fingerprint density at radius 1 is 1.38 bits per heavy atom. The van der Waals surface area contributed by atoms with Gasteiger partial charge in [0, 0.05) is 13.0 Å². The zero-order valence-electron chi connectivity index (χ0n) is 9.90. The van der Waals surface area contributed by atoms with Gasteiger partial charge in [0.05, 0.1) is 6.61 Å². The molecule has 6 heteroatoms. The van der Waals surface area contributed by atoms with Crippen molar-refractivity contribution in [2.45, 2.75) is 39.5 Å². The molecule has 0 bridgehead atoms. The summed E-state index contributed by atoms with van der Waals surface area (Å²) in [6, 6.07) is 0. The van der Waals surface area contributed by atoms with Crippen LogP contribution in [0.15, 0.2) is 0 Å². The van der Waals surface area contributed by atoms with Crippen LogP contribution in [0.25, 0.3) is 0 Å². The first kappa shape index (κ1) is 14.7. The topological polar surface area (TPSA) is 81.5 Å². The van der Waals surface area contributed by atoms with Crippen molar-refractivity contribution in [3.63, 3.8) is 0 Å². The Labute approximate surface area is 95.5 Å². The van der Waals surface area contributed by atoms with Gasteiger partial charge in [0.15, 0.2) is 0 Å². The molecule has 0 aromatic heterocycles. The van der Waals surface area contributed by atoms with Crippen LogP contribution in [0.5, 0.6) is 0 Å². The Morgan fingerprint density at radius 3 is 2.62 bits per heavy atom. The number of unbranched alkanes of at least 4 members (excludes halogenated alkanes) is 2. The fraction of sp³-hybridized carbons (Fsp3) is 0.900. The van der Waals surface area contributed by atoms with Crippen LogP contribution in [-0.2, 0) is 9.63 Å². The maximum absolute atomic E-state index is 11.2. The van der Waals surface area contributed by atoms with Gasteiger partial charge in [-0.2, -0.15) is 0 Å². The summed E-state index contributed by atoms with van der Waals surface area (Å²) in [4.78, 5) is 25.2. The molecule has 6 nitrogen and oxygen atoms in total. The van der Waals surface area contributed by atoms with E-state index < -0.39 is 5.09 Å². The van der Waals surface area contributed by atoms with Crippen molar-refractivity contribution in [1.82, 2.24) is 5.32 Å². The van der Waals surface area contributed by atoms with Crippen molar-refractivity contribution in [3.8, 4) is 0 Å². The molecule has 0 aromatic carbocycles. The summed E-state index contributed by atoms with van der Waals surface area (Å²) in [5.74, 6) is 0.501. The summed E-state index contributed by atoms with van der Waals surface area (Å²) < 4.78 is 0. The standard InChI is InChI=1S/C10H20N2O4/c1-9(2)8-11-10(13)6-4-3-5-7-16-12(14)15/h9H,3-8H2,1-2H3,(H,11,13). The van der Waals surface area contributed by atoms with E-state index in [4.69, 9.17) is 0 Å². The SMILES string of the molecule is CC(C)CNC(=O)CCCCCO[N+](=O)[O-]. The van der Waals surface area contributed by atoms with Gasteiger partial charge in [0.25, 0.3) is 5.09 Å².